The Morgan fingerprint density at radius 3 is 2.92 bits per heavy atom. The molecule has 1 N–H and O–H groups in total. The Morgan fingerprint density at radius 1 is 1.44 bits per heavy atom. The van der Waals surface area contributed by atoms with Crippen LogP contribution in [0.25, 0.3) is 0 Å². The number of hydrogen-bond acceptors (Lipinski definition) is 4. The number of ether oxygens (including phenoxy) is 2. The maximum Gasteiger partial charge on any atom is 0.317 e. The summed E-state index contributed by atoms with van der Waals surface area (Å²) in [5.74, 6) is 1.34. The largest absolute Gasteiger partial charge is 0.496 e. The molecule has 1 aromatic heterocycles. The Balaban J connectivity index is 1.40. The highest BCUT2D eigenvalue weighted by molar-refractivity contribution is 5.76. The summed E-state index contributed by atoms with van der Waals surface area (Å²) in [6.45, 7) is 3.02. The molecule has 2 amide bonds. The second-order valence-electron chi connectivity index (χ2n) is 7.58. The van der Waals surface area contributed by atoms with Crippen LogP contribution in [0.5, 0.6) is 5.75 Å². The van der Waals surface area contributed by atoms with E-state index in [0.29, 0.717) is 23.9 Å². The monoisotopic (exact) mass is 345 g/mol. The van der Waals surface area contributed by atoms with Crippen LogP contribution in [-0.2, 0) is 11.3 Å². The molecule has 0 radical (unpaired) electrons. The average molecular weight is 345 g/mol. The minimum absolute atomic E-state index is 0.0416. The highest BCUT2D eigenvalue weighted by Crippen LogP contribution is 2.56. The molecule has 6 nitrogen and oxygen atoms in total. The van der Waals surface area contributed by atoms with Crippen LogP contribution in [0.2, 0.25) is 0 Å². The summed E-state index contributed by atoms with van der Waals surface area (Å²) in [7, 11) is 1.64. The summed E-state index contributed by atoms with van der Waals surface area (Å²) in [4.78, 5) is 19.0. The van der Waals surface area contributed by atoms with Gasteiger partial charge in [-0.15, -0.1) is 0 Å². The van der Waals surface area contributed by atoms with Crippen molar-refractivity contribution < 1.29 is 14.3 Å². The van der Waals surface area contributed by atoms with Crippen molar-refractivity contribution in [1.82, 2.24) is 15.2 Å². The Labute approximate surface area is 148 Å². The number of nitrogens with zero attached hydrogens (tertiary/aromatic N) is 2. The van der Waals surface area contributed by atoms with Crippen LogP contribution in [0.15, 0.2) is 18.5 Å². The lowest BCUT2D eigenvalue weighted by atomic mass is 9.54. The Hall–Kier alpha value is -1.82. The van der Waals surface area contributed by atoms with Crippen molar-refractivity contribution in [1.29, 1.82) is 0 Å². The second kappa shape index (κ2) is 6.83. The van der Waals surface area contributed by atoms with Crippen LogP contribution >= 0.6 is 0 Å². The van der Waals surface area contributed by atoms with Crippen LogP contribution in [-0.4, -0.2) is 48.8 Å². The summed E-state index contributed by atoms with van der Waals surface area (Å²) in [5, 5.41) is 3.07. The van der Waals surface area contributed by atoms with Crippen LogP contribution in [0.4, 0.5) is 4.79 Å². The first-order valence-electron chi connectivity index (χ1n) is 9.33. The van der Waals surface area contributed by atoms with Gasteiger partial charge in [-0.3, -0.25) is 4.98 Å². The summed E-state index contributed by atoms with van der Waals surface area (Å²) < 4.78 is 10.9. The molecule has 3 fully saturated rings. The number of hydrogen-bond donors (Lipinski definition) is 1. The lowest BCUT2D eigenvalue weighted by Crippen LogP contribution is -2.72. The van der Waals surface area contributed by atoms with Gasteiger partial charge in [0.25, 0.3) is 0 Å². The number of urea groups is 1. The Morgan fingerprint density at radius 2 is 2.24 bits per heavy atom. The van der Waals surface area contributed by atoms with Crippen LogP contribution in [0.3, 0.4) is 0 Å². The molecule has 1 saturated carbocycles. The number of likely N-dealkylation sites (tertiary alicyclic amines) is 1. The predicted molar refractivity (Wildman–Crippen MR) is 93.3 cm³/mol. The molecule has 4 rings (SSSR count). The van der Waals surface area contributed by atoms with Gasteiger partial charge in [-0.2, -0.15) is 0 Å². The van der Waals surface area contributed by atoms with Gasteiger partial charge >= 0.3 is 6.03 Å². The molecule has 1 spiro atoms. The topological polar surface area (TPSA) is 63.7 Å². The van der Waals surface area contributed by atoms with Crippen molar-refractivity contribution in [2.24, 2.45) is 11.3 Å². The van der Waals surface area contributed by atoms with Gasteiger partial charge in [0.15, 0.2) is 0 Å². The van der Waals surface area contributed by atoms with E-state index in [0.717, 1.165) is 43.9 Å². The number of nitrogens with one attached hydrogen (secondary N) is 1. The second-order valence-corrected chi connectivity index (χ2v) is 7.58. The summed E-state index contributed by atoms with van der Waals surface area (Å²) in [6, 6.07) is 2.25. The van der Waals surface area contributed by atoms with Crippen molar-refractivity contribution in [2.75, 3.05) is 26.9 Å². The van der Waals surface area contributed by atoms with Gasteiger partial charge in [-0.05, 0) is 37.7 Å². The smallest absolute Gasteiger partial charge is 0.317 e. The molecule has 2 saturated heterocycles. The van der Waals surface area contributed by atoms with E-state index in [1.807, 2.05) is 6.07 Å². The zero-order valence-corrected chi connectivity index (χ0v) is 14.9. The summed E-state index contributed by atoms with van der Waals surface area (Å²) in [6.07, 6.45) is 9.45. The number of carbonyl (C=O) groups is 1. The normalized spacial score (nSPS) is 25.2. The van der Waals surface area contributed by atoms with Gasteiger partial charge in [0.05, 0.1) is 7.11 Å². The van der Waals surface area contributed by atoms with E-state index in [-0.39, 0.29) is 6.03 Å². The lowest BCUT2D eigenvalue weighted by Gasteiger charge is -2.64. The zero-order chi connectivity index (χ0) is 17.3. The van der Waals surface area contributed by atoms with Crippen molar-refractivity contribution in [3.63, 3.8) is 0 Å². The fraction of sp³-hybridized carbons (Fsp3) is 0.684. The first-order valence-corrected chi connectivity index (χ1v) is 9.33. The van der Waals surface area contributed by atoms with E-state index in [1.165, 1.54) is 19.3 Å². The molecule has 136 valence electrons. The van der Waals surface area contributed by atoms with Gasteiger partial charge in [0.2, 0.25) is 0 Å². The van der Waals surface area contributed by atoms with Gasteiger partial charge in [-0.1, -0.05) is 6.42 Å². The molecule has 0 aromatic carbocycles. The van der Waals surface area contributed by atoms with E-state index in [2.05, 4.69) is 15.2 Å². The number of rotatable bonds is 4. The number of aromatic nitrogens is 1. The van der Waals surface area contributed by atoms with Crippen LogP contribution in [0.1, 0.15) is 37.7 Å². The molecule has 3 aliphatic rings. The highest BCUT2D eigenvalue weighted by Gasteiger charge is 2.59. The van der Waals surface area contributed by atoms with E-state index >= 15 is 0 Å². The molecule has 1 unspecified atom stereocenters. The molecule has 3 heterocycles. The van der Waals surface area contributed by atoms with Crippen LogP contribution in [0, 0.1) is 11.3 Å². The van der Waals surface area contributed by atoms with Crippen molar-refractivity contribution in [3.8, 4) is 5.75 Å². The predicted octanol–water partition coefficient (Wildman–Crippen LogP) is 2.58. The highest BCUT2D eigenvalue weighted by atomic mass is 16.5. The molecule has 25 heavy (non-hydrogen) atoms. The lowest BCUT2D eigenvalue weighted by molar-refractivity contribution is -0.137. The number of methoxy groups -OCH3 is 1. The first-order chi connectivity index (χ1) is 12.2. The molecular formula is C19H27N3O3. The minimum atomic E-state index is 0.0416. The number of carbonyl (C=O) groups excluding carboxylic acids is 1. The van der Waals surface area contributed by atoms with E-state index < -0.39 is 0 Å². The number of amides is 2. The molecule has 1 aromatic rings. The maximum atomic E-state index is 12.8. The number of pyridine rings is 1. The standard InChI is InChI=1S/C19H27N3O3/c1-24-16-3-8-20-11-15(16)12-21-18(23)22-13-19(6-2-7-19)17(22)14-4-9-25-10-5-14/h3,8,11,14,17H,2,4-7,9-10,12-13H2,1H3,(H,21,23). The Bertz CT molecular complexity index is 626. The average Bonchev–Trinajstić information content (AvgIpc) is 2.59. The van der Waals surface area contributed by atoms with Crippen molar-refractivity contribution >= 4 is 6.03 Å². The summed E-state index contributed by atoms with van der Waals surface area (Å²) in [5.41, 5.74) is 1.30. The Kier molecular flexibility index (Phi) is 4.54. The third-order valence-electron chi connectivity index (χ3n) is 6.28. The minimum Gasteiger partial charge on any atom is -0.496 e. The van der Waals surface area contributed by atoms with E-state index in [9.17, 15) is 4.79 Å². The summed E-state index contributed by atoms with van der Waals surface area (Å²) >= 11 is 0. The molecule has 0 bridgehead atoms. The van der Waals surface area contributed by atoms with Gasteiger partial charge in [0.1, 0.15) is 5.75 Å². The zero-order valence-electron chi connectivity index (χ0n) is 14.9. The third-order valence-corrected chi connectivity index (χ3v) is 6.28. The maximum absolute atomic E-state index is 12.8. The third kappa shape index (κ3) is 2.97. The van der Waals surface area contributed by atoms with E-state index in [1.54, 1.807) is 19.5 Å². The molecule has 1 atom stereocenters. The van der Waals surface area contributed by atoms with Gasteiger partial charge < -0.3 is 19.7 Å². The van der Waals surface area contributed by atoms with Crippen LogP contribution < -0.4 is 10.1 Å². The van der Waals surface area contributed by atoms with Crippen molar-refractivity contribution in [3.05, 3.63) is 24.0 Å². The van der Waals surface area contributed by atoms with Gasteiger partial charge in [-0.25, -0.2) is 4.79 Å². The molecule has 1 aliphatic carbocycles. The fourth-order valence-electron chi connectivity index (χ4n) is 4.84. The molecule has 6 heteroatoms. The van der Waals surface area contributed by atoms with E-state index in [4.69, 9.17) is 9.47 Å². The first kappa shape index (κ1) is 16.6. The molecular weight excluding hydrogens is 318 g/mol. The fourth-order valence-corrected chi connectivity index (χ4v) is 4.84. The SMILES string of the molecule is COc1ccncc1CNC(=O)N1CC2(CCC2)C1C1CCOCC1. The van der Waals surface area contributed by atoms with Gasteiger partial charge in [0, 0.05) is 55.7 Å². The van der Waals surface area contributed by atoms with Crippen molar-refractivity contribution in [2.45, 2.75) is 44.7 Å². The quantitative estimate of drug-likeness (QED) is 0.911. The molecule has 2 aliphatic heterocycles.